The van der Waals surface area contributed by atoms with Gasteiger partial charge in [-0.1, -0.05) is 161 Å². The van der Waals surface area contributed by atoms with E-state index in [4.69, 9.17) is 9.47 Å². The molecule has 2 nitrogen and oxygen atoms in total. The van der Waals surface area contributed by atoms with Crippen LogP contribution in [0.3, 0.4) is 0 Å². The van der Waals surface area contributed by atoms with E-state index in [0.29, 0.717) is 35.9 Å². The highest BCUT2D eigenvalue weighted by Crippen LogP contribution is 2.39. The predicted molar refractivity (Wildman–Crippen MR) is 204 cm³/mol. The van der Waals surface area contributed by atoms with Crippen molar-refractivity contribution in [3.63, 3.8) is 0 Å². The first-order valence-corrected chi connectivity index (χ1v) is 17.6. The quantitative estimate of drug-likeness (QED) is 0.192. The molecule has 6 aromatic rings. The molecule has 0 aromatic heterocycles. The molecule has 0 amide bonds. The van der Waals surface area contributed by atoms with Crippen LogP contribution in [-0.2, 0) is 9.47 Å². The highest BCUT2D eigenvalue weighted by Gasteiger charge is 2.43. The maximum atomic E-state index is 5.58. The van der Waals surface area contributed by atoms with Crippen LogP contribution in [0.1, 0.15) is 61.8 Å². The standard InChI is InChI=1S/C22H18.C16H18.C8H14O2/c1-15-11-13-17-7-3-5-9-19(17)21(15)22-16(2)12-14-18-8-4-6-10-20(18)22;1-13(15-9-5-3-6-10-15)14(2)16-11-7-4-8-12-16;1-5-3-9-8-6(2)4-10-7(5)8/h3-14H,1-2H3;3-14H,1-2H3;5-8H,3-4H2,1-2H3/t;13-,14-;5-,6+,7-,8-/m.01/s1. The molecule has 0 bridgehead atoms. The summed E-state index contributed by atoms with van der Waals surface area (Å²) >= 11 is 0. The highest BCUT2D eigenvalue weighted by atomic mass is 16.6. The van der Waals surface area contributed by atoms with Gasteiger partial charge in [-0.3, -0.25) is 0 Å². The van der Waals surface area contributed by atoms with E-state index in [2.05, 4.69) is 175 Å². The van der Waals surface area contributed by atoms with Crippen LogP contribution >= 0.6 is 0 Å². The van der Waals surface area contributed by atoms with E-state index in [1.165, 1.54) is 54.9 Å². The fourth-order valence-corrected chi connectivity index (χ4v) is 7.40. The molecule has 0 aliphatic carbocycles. The Hall–Kier alpha value is -4.24. The predicted octanol–water partition coefficient (Wildman–Crippen LogP) is 11.9. The summed E-state index contributed by atoms with van der Waals surface area (Å²) in [5, 5.41) is 5.27. The summed E-state index contributed by atoms with van der Waals surface area (Å²) in [7, 11) is 0. The minimum atomic E-state index is 0.398. The van der Waals surface area contributed by atoms with Gasteiger partial charge in [0.05, 0.1) is 25.4 Å². The molecule has 0 saturated carbocycles. The molecule has 2 heterocycles. The molecule has 48 heavy (non-hydrogen) atoms. The molecule has 6 aromatic carbocycles. The Morgan fingerprint density at radius 3 is 1.21 bits per heavy atom. The maximum Gasteiger partial charge on any atom is 0.0887 e. The van der Waals surface area contributed by atoms with Gasteiger partial charge < -0.3 is 9.47 Å². The molecule has 246 valence electrons. The van der Waals surface area contributed by atoms with E-state index >= 15 is 0 Å². The summed E-state index contributed by atoms with van der Waals surface area (Å²) in [5.74, 6) is 2.33. The first kappa shape index (κ1) is 33.7. The Morgan fingerprint density at radius 2 is 0.812 bits per heavy atom. The first-order chi connectivity index (χ1) is 23.3. The van der Waals surface area contributed by atoms with Crippen molar-refractivity contribution >= 4 is 21.5 Å². The van der Waals surface area contributed by atoms with E-state index < -0.39 is 0 Å². The number of hydrogen-bond donors (Lipinski definition) is 0. The van der Waals surface area contributed by atoms with Gasteiger partial charge in [0.15, 0.2) is 0 Å². The smallest absolute Gasteiger partial charge is 0.0887 e. The Balaban J connectivity index is 0.000000135. The first-order valence-electron chi connectivity index (χ1n) is 17.6. The fraction of sp³-hybridized carbons (Fsp3) is 0.304. The third-order valence-corrected chi connectivity index (χ3v) is 10.5. The van der Waals surface area contributed by atoms with Gasteiger partial charge >= 0.3 is 0 Å². The zero-order valence-electron chi connectivity index (χ0n) is 29.4. The van der Waals surface area contributed by atoms with E-state index in [-0.39, 0.29) is 0 Å². The zero-order chi connectivity index (χ0) is 33.6. The number of aryl methyl sites for hydroxylation is 2. The van der Waals surface area contributed by atoms with Crippen molar-refractivity contribution in [3.8, 4) is 11.1 Å². The number of fused-ring (bicyclic) bond motifs is 3. The molecule has 2 aliphatic heterocycles. The SMILES string of the molecule is C[C@@H]1CO[C@H]2[C@@H]1OC[C@@H]2C.C[C@H](c1ccccc1)[C@H](C)c1ccccc1.Cc1ccc2ccccc2c1-c1c(C)ccc2ccccc12. The van der Waals surface area contributed by atoms with Crippen molar-refractivity contribution in [1.82, 2.24) is 0 Å². The minimum absolute atomic E-state index is 0.398. The van der Waals surface area contributed by atoms with Crippen LogP contribution in [0.15, 0.2) is 133 Å². The normalized spacial score (nSPS) is 21.0. The third-order valence-electron chi connectivity index (χ3n) is 10.5. The number of ether oxygens (including phenoxy) is 2. The Bertz CT molecular complexity index is 1790. The van der Waals surface area contributed by atoms with E-state index in [1.807, 2.05) is 0 Å². The lowest BCUT2D eigenvalue weighted by atomic mass is 9.84. The molecule has 2 saturated heterocycles. The molecule has 2 fully saturated rings. The van der Waals surface area contributed by atoms with Gasteiger partial charge in [0, 0.05) is 11.8 Å². The average molecular weight is 635 g/mol. The lowest BCUT2D eigenvalue weighted by Gasteiger charge is -2.20. The lowest BCUT2D eigenvalue weighted by molar-refractivity contribution is 0.0627. The van der Waals surface area contributed by atoms with Gasteiger partial charge in [-0.25, -0.2) is 0 Å². The summed E-state index contributed by atoms with van der Waals surface area (Å²) in [4.78, 5) is 0. The minimum Gasteiger partial charge on any atom is -0.375 e. The summed E-state index contributed by atoms with van der Waals surface area (Å²) < 4.78 is 11.2. The molecule has 6 atom stereocenters. The van der Waals surface area contributed by atoms with Crippen LogP contribution < -0.4 is 0 Å². The van der Waals surface area contributed by atoms with Gasteiger partial charge in [-0.05, 0) is 80.6 Å². The molecule has 0 unspecified atom stereocenters. The molecular formula is C46H50O2. The van der Waals surface area contributed by atoms with E-state index in [9.17, 15) is 0 Å². The molecule has 2 heteroatoms. The van der Waals surface area contributed by atoms with E-state index in [0.717, 1.165) is 13.2 Å². The van der Waals surface area contributed by atoms with Crippen LogP contribution in [0, 0.1) is 25.7 Å². The van der Waals surface area contributed by atoms with Crippen LogP contribution in [-0.4, -0.2) is 25.4 Å². The largest absolute Gasteiger partial charge is 0.375 e. The van der Waals surface area contributed by atoms with Crippen LogP contribution in [0.25, 0.3) is 32.7 Å². The van der Waals surface area contributed by atoms with Gasteiger partial charge in [0.25, 0.3) is 0 Å². The molecular weight excluding hydrogens is 585 g/mol. The second-order valence-electron chi connectivity index (χ2n) is 13.9. The van der Waals surface area contributed by atoms with Crippen LogP contribution in [0.4, 0.5) is 0 Å². The van der Waals surface area contributed by atoms with E-state index in [1.54, 1.807) is 0 Å². The Morgan fingerprint density at radius 1 is 0.458 bits per heavy atom. The topological polar surface area (TPSA) is 18.5 Å². The monoisotopic (exact) mass is 634 g/mol. The van der Waals surface area contributed by atoms with Gasteiger partial charge in [0.2, 0.25) is 0 Å². The molecule has 0 N–H and O–H groups in total. The lowest BCUT2D eigenvalue weighted by Crippen LogP contribution is -2.23. The van der Waals surface area contributed by atoms with Crippen molar-refractivity contribution in [1.29, 1.82) is 0 Å². The van der Waals surface area contributed by atoms with Crippen LogP contribution in [0.2, 0.25) is 0 Å². The second-order valence-corrected chi connectivity index (χ2v) is 13.9. The van der Waals surface area contributed by atoms with Crippen molar-refractivity contribution in [2.45, 2.75) is 65.6 Å². The summed E-state index contributed by atoms with van der Waals surface area (Å²) in [6.45, 7) is 15.2. The Labute approximate surface area is 287 Å². The van der Waals surface area contributed by atoms with Gasteiger partial charge in [0.1, 0.15) is 0 Å². The third kappa shape index (κ3) is 7.26. The summed E-state index contributed by atoms with van der Waals surface area (Å²) in [6.07, 6.45) is 0.796. The molecule has 8 rings (SSSR count). The number of hydrogen-bond acceptors (Lipinski definition) is 2. The van der Waals surface area contributed by atoms with Crippen molar-refractivity contribution < 1.29 is 9.47 Å². The molecule has 0 radical (unpaired) electrons. The number of rotatable bonds is 4. The maximum absolute atomic E-state index is 5.58. The molecule has 0 spiro atoms. The zero-order valence-corrected chi connectivity index (χ0v) is 29.4. The molecule has 2 aliphatic rings. The van der Waals surface area contributed by atoms with Crippen LogP contribution in [0.5, 0.6) is 0 Å². The summed E-state index contributed by atoms with van der Waals surface area (Å²) in [6, 6.07) is 47.7. The summed E-state index contributed by atoms with van der Waals surface area (Å²) in [5.41, 5.74) is 8.23. The van der Waals surface area contributed by atoms with Crippen molar-refractivity contribution in [2.75, 3.05) is 13.2 Å². The fourth-order valence-electron chi connectivity index (χ4n) is 7.40. The van der Waals surface area contributed by atoms with Gasteiger partial charge in [-0.15, -0.1) is 0 Å². The average Bonchev–Trinajstić information content (AvgIpc) is 3.70. The second kappa shape index (κ2) is 15.3. The van der Waals surface area contributed by atoms with Crippen molar-refractivity contribution in [2.24, 2.45) is 11.8 Å². The van der Waals surface area contributed by atoms with Gasteiger partial charge in [-0.2, -0.15) is 0 Å². The Kier molecular flexibility index (Phi) is 10.7. The highest BCUT2D eigenvalue weighted by molar-refractivity contribution is 6.07. The number of benzene rings is 6. The van der Waals surface area contributed by atoms with Crippen molar-refractivity contribution in [3.05, 3.63) is 156 Å².